The quantitative estimate of drug-likeness (QED) is 0.314. The third-order valence-electron chi connectivity index (χ3n) is 7.16. The molecule has 3 aromatic carbocycles. The topological polar surface area (TPSA) is 93.0 Å². The van der Waals surface area contributed by atoms with Gasteiger partial charge in [0.15, 0.2) is 11.5 Å². The smallest absolute Gasteiger partial charge is 0.249 e. The van der Waals surface area contributed by atoms with Gasteiger partial charge in [0.1, 0.15) is 18.4 Å². The maximum absolute atomic E-state index is 14.3. The van der Waals surface area contributed by atoms with Gasteiger partial charge in [-0.15, -0.1) is 0 Å². The summed E-state index contributed by atoms with van der Waals surface area (Å²) in [5.41, 5.74) is 3.42. The maximum Gasteiger partial charge on any atom is 0.249 e. The van der Waals surface area contributed by atoms with Crippen molar-refractivity contribution in [1.82, 2.24) is 9.88 Å². The van der Waals surface area contributed by atoms with Gasteiger partial charge in [0.25, 0.3) is 0 Å². The molecule has 5 rings (SSSR count). The number of carbonyl (C=O) groups is 2. The van der Waals surface area contributed by atoms with Crippen molar-refractivity contribution in [3.63, 3.8) is 0 Å². The van der Waals surface area contributed by atoms with E-state index < -0.39 is 17.8 Å². The van der Waals surface area contributed by atoms with E-state index in [1.54, 1.807) is 42.8 Å². The molecule has 1 aromatic heterocycles. The molecule has 0 fully saturated rings. The highest BCUT2D eigenvalue weighted by atomic mass is 35.5. The number of anilines is 1. The largest absolute Gasteiger partial charge is 0.454 e. The van der Waals surface area contributed by atoms with Crippen LogP contribution in [0.2, 0.25) is 5.02 Å². The van der Waals surface area contributed by atoms with Crippen molar-refractivity contribution in [3.05, 3.63) is 88.3 Å². The van der Waals surface area contributed by atoms with E-state index in [9.17, 15) is 19.1 Å². The van der Waals surface area contributed by atoms with Crippen LogP contribution in [0.1, 0.15) is 16.8 Å². The zero-order valence-corrected chi connectivity index (χ0v) is 22.9. The van der Waals surface area contributed by atoms with E-state index >= 15 is 0 Å². The highest BCUT2D eigenvalue weighted by Gasteiger charge is 2.28. The summed E-state index contributed by atoms with van der Waals surface area (Å²) in [5, 5.41) is 12.9. The van der Waals surface area contributed by atoms with Crippen molar-refractivity contribution in [1.29, 1.82) is 0 Å². The van der Waals surface area contributed by atoms with E-state index in [0.717, 1.165) is 5.56 Å². The molecule has 208 valence electrons. The molecule has 1 aliphatic rings. The molecule has 1 atom stereocenters. The Labute approximate surface area is 235 Å². The Bertz CT molecular complexity index is 1570. The zero-order chi connectivity index (χ0) is 28.4. The Balaban J connectivity index is 1.42. The minimum absolute atomic E-state index is 0.0503. The molecule has 2 amide bonds. The molecule has 2 N–H and O–H groups in total. The first kappa shape index (κ1) is 27.5. The molecule has 0 aliphatic carbocycles. The molecule has 0 bridgehead atoms. The molecule has 0 saturated carbocycles. The van der Waals surface area contributed by atoms with Crippen LogP contribution < -0.4 is 19.7 Å². The number of aliphatic hydroxyl groups excluding tert-OH is 1. The molecule has 0 unspecified atom stereocenters. The Kier molecular flexibility index (Phi) is 7.95. The van der Waals surface area contributed by atoms with Crippen LogP contribution in [0.5, 0.6) is 11.5 Å². The van der Waals surface area contributed by atoms with E-state index in [1.807, 2.05) is 30.3 Å². The fourth-order valence-corrected chi connectivity index (χ4v) is 5.36. The Morgan fingerprint density at radius 2 is 1.88 bits per heavy atom. The van der Waals surface area contributed by atoms with Crippen molar-refractivity contribution in [2.75, 3.05) is 25.3 Å². The predicted octanol–water partition coefficient (Wildman–Crippen LogP) is 4.40. The van der Waals surface area contributed by atoms with Crippen LogP contribution in [-0.2, 0) is 29.0 Å². The second kappa shape index (κ2) is 11.6. The molecule has 0 saturated heterocycles. The van der Waals surface area contributed by atoms with Gasteiger partial charge in [-0.2, -0.15) is 0 Å². The van der Waals surface area contributed by atoms with E-state index in [2.05, 4.69) is 5.32 Å². The van der Waals surface area contributed by atoms with Crippen molar-refractivity contribution in [2.45, 2.75) is 32.4 Å². The second-order valence-electron chi connectivity index (χ2n) is 9.62. The van der Waals surface area contributed by atoms with Gasteiger partial charge >= 0.3 is 0 Å². The van der Waals surface area contributed by atoms with Crippen LogP contribution in [0, 0.1) is 12.7 Å². The summed E-state index contributed by atoms with van der Waals surface area (Å²) in [7, 11) is 1.64. The highest BCUT2D eigenvalue weighted by Crippen LogP contribution is 2.36. The fourth-order valence-electron chi connectivity index (χ4n) is 5.09. The molecular weight excluding hydrogens is 537 g/mol. The zero-order valence-electron chi connectivity index (χ0n) is 22.1. The van der Waals surface area contributed by atoms with Crippen LogP contribution in [0.15, 0.2) is 60.7 Å². The summed E-state index contributed by atoms with van der Waals surface area (Å²) >= 11 is 6.30. The molecule has 8 nitrogen and oxygen atoms in total. The SMILES string of the molecule is Cc1c(CCO)c2c(Cl)c(F)ccc2n1CC(=O)N[C@@H](Cc1ccccc1)C(=O)N(C)c1ccc2c(c1)OCO2. The Morgan fingerprint density at radius 1 is 1.12 bits per heavy atom. The number of carbonyl (C=O) groups excluding carboxylic acids is 2. The van der Waals surface area contributed by atoms with Crippen LogP contribution in [-0.4, -0.2) is 48.0 Å². The monoisotopic (exact) mass is 565 g/mol. The average Bonchev–Trinajstić information content (AvgIpc) is 3.53. The lowest BCUT2D eigenvalue weighted by atomic mass is 10.0. The maximum atomic E-state index is 14.3. The molecule has 4 aromatic rings. The van der Waals surface area contributed by atoms with Gasteiger partial charge < -0.3 is 29.4 Å². The molecule has 40 heavy (non-hydrogen) atoms. The number of aromatic nitrogens is 1. The molecule has 2 heterocycles. The highest BCUT2D eigenvalue weighted by molar-refractivity contribution is 6.36. The van der Waals surface area contributed by atoms with Crippen LogP contribution in [0.3, 0.4) is 0 Å². The minimum Gasteiger partial charge on any atom is -0.454 e. The number of likely N-dealkylation sites (N-methyl/N-ethyl adjacent to an activating group) is 1. The minimum atomic E-state index is -0.870. The summed E-state index contributed by atoms with van der Waals surface area (Å²) in [6.07, 6.45) is 0.536. The van der Waals surface area contributed by atoms with Gasteiger partial charge in [-0.25, -0.2) is 4.39 Å². The number of fused-ring (bicyclic) bond motifs is 2. The van der Waals surface area contributed by atoms with Crippen molar-refractivity contribution in [3.8, 4) is 11.5 Å². The fraction of sp³-hybridized carbons (Fsp3) is 0.267. The normalized spacial score (nSPS) is 12.9. The van der Waals surface area contributed by atoms with Crippen molar-refractivity contribution in [2.24, 2.45) is 0 Å². The number of nitrogens with zero attached hydrogens (tertiary/aromatic N) is 2. The Hall–Kier alpha value is -4.08. The summed E-state index contributed by atoms with van der Waals surface area (Å²) in [6.45, 7) is 1.64. The third kappa shape index (κ3) is 5.35. The van der Waals surface area contributed by atoms with Crippen LogP contribution in [0.25, 0.3) is 10.9 Å². The standard InChI is InChI=1S/C30H29ClFN3O5/c1-18-21(12-13-36)28-24(10-9-22(32)29(28)31)35(18)16-27(37)33-23(14-19-6-4-3-5-7-19)30(38)34(2)20-8-11-25-26(15-20)40-17-39-25/h3-11,15,23,36H,12-14,16-17H2,1-2H3,(H,33,37)/t23-/m0/s1. The predicted molar refractivity (Wildman–Crippen MR) is 150 cm³/mol. The number of ether oxygens (including phenoxy) is 2. The van der Waals surface area contributed by atoms with Crippen molar-refractivity contribution >= 4 is 40.0 Å². The lowest BCUT2D eigenvalue weighted by Gasteiger charge is -2.25. The first-order valence-corrected chi connectivity index (χ1v) is 13.2. The van der Waals surface area contributed by atoms with Gasteiger partial charge in [-0.3, -0.25) is 9.59 Å². The summed E-state index contributed by atoms with van der Waals surface area (Å²) < 4.78 is 26.8. The van der Waals surface area contributed by atoms with Gasteiger partial charge in [0.2, 0.25) is 18.6 Å². The lowest BCUT2D eigenvalue weighted by molar-refractivity contribution is -0.127. The Morgan fingerprint density at radius 3 is 2.62 bits per heavy atom. The number of hydrogen-bond donors (Lipinski definition) is 2. The third-order valence-corrected chi connectivity index (χ3v) is 7.53. The van der Waals surface area contributed by atoms with Gasteiger partial charge in [-0.1, -0.05) is 41.9 Å². The summed E-state index contributed by atoms with van der Waals surface area (Å²) in [6, 6.07) is 16.6. The number of halogens is 2. The summed E-state index contributed by atoms with van der Waals surface area (Å²) in [4.78, 5) is 28.7. The molecule has 0 spiro atoms. The van der Waals surface area contributed by atoms with Gasteiger partial charge in [0.05, 0.1) is 10.5 Å². The number of aliphatic hydroxyl groups is 1. The average molecular weight is 566 g/mol. The number of hydrogen-bond acceptors (Lipinski definition) is 5. The number of nitrogens with one attached hydrogen (secondary N) is 1. The first-order valence-electron chi connectivity index (χ1n) is 12.9. The molecule has 10 heteroatoms. The summed E-state index contributed by atoms with van der Waals surface area (Å²) in [5.74, 6) is -0.131. The van der Waals surface area contributed by atoms with E-state index in [4.69, 9.17) is 21.1 Å². The molecule has 0 radical (unpaired) electrons. The van der Waals surface area contributed by atoms with Crippen molar-refractivity contribution < 1.29 is 28.6 Å². The van der Waals surface area contributed by atoms with E-state index in [1.165, 1.54) is 11.0 Å². The molecule has 1 aliphatic heterocycles. The number of benzene rings is 3. The van der Waals surface area contributed by atoms with Crippen LogP contribution >= 0.6 is 11.6 Å². The van der Waals surface area contributed by atoms with E-state index in [0.29, 0.717) is 39.3 Å². The lowest BCUT2D eigenvalue weighted by Crippen LogP contribution is -2.49. The number of amides is 2. The van der Waals surface area contributed by atoms with Gasteiger partial charge in [0, 0.05) is 42.9 Å². The molecular formula is C30H29ClFN3O5. The van der Waals surface area contributed by atoms with Crippen LogP contribution in [0.4, 0.5) is 10.1 Å². The second-order valence-corrected chi connectivity index (χ2v) is 10.0. The van der Waals surface area contributed by atoms with E-state index in [-0.39, 0.29) is 43.7 Å². The number of rotatable bonds is 9. The first-order chi connectivity index (χ1) is 19.3. The van der Waals surface area contributed by atoms with Gasteiger partial charge in [-0.05, 0) is 48.7 Å².